The maximum atomic E-state index is 6.42. The fourth-order valence-corrected chi connectivity index (χ4v) is 3.44. The summed E-state index contributed by atoms with van der Waals surface area (Å²) in [7, 11) is 2.25. The molecule has 4 atom stereocenters. The molecule has 1 aromatic rings. The van der Waals surface area contributed by atoms with Gasteiger partial charge in [-0.1, -0.05) is 44.2 Å². The van der Waals surface area contributed by atoms with Crippen molar-refractivity contribution in [3.63, 3.8) is 0 Å². The summed E-state index contributed by atoms with van der Waals surface area (Å²) in [6, 6.07) is 12.4. The predicted octanol–water partition coefficient (Wildman–Crippen LogP) is 3.63. The lowest BCUT2D eigenvalue weighted by atomic mass is 9.78. The highest BCUT2D eigenvalue weighted by Gasteiger charge is 2.33. The molecule has 2 N–H and O–H groups in total. The van der Waals surface area contributed by atoms with E-state index in [0.29, 0.717) is 30.0 Å². The van der Waals surface area contributed by atoms with Crippen LogP contribution in [0.1, 0.15) is 51.5 Å². The highest BCUT2D eigenvalue weighted by molar-refractivity contribution is 5.21. The first kappa shape index (κ1) is 15.5. The van der Waals surface area contributed by atoms with Crippen LogP contribution in [-0.2, 0) is 0 Å². The number of benzene rings is 1. The first-order chi connectivity index (χ1) is 9.50. The van der Waals surface area contributed by atoms with E-state index < -0.39 is 0 Å². The number of rotatable bonds is 4. The number of hydrogen-bond donors (Lipinski definition) is 1. The molecule has 0 saturated heterocycles. The molecule has 112 valence electrons. The summed E-state index contributed by atoms with van der Waals surface area (Å²) < 4.78 is 0. The Balaban J connectivity index is 2.09. The summed E-state index contributed by atoms with van der Waals surface area (Å²) >= 11 is 0. The van der Waals surface area contributed by atoms with E-state index in [1.807, 2.05) is 0 Å². The zero-order valence-corrected chi connectivity index (χ0v) is 13.4. The largest absolute Gasteiger partial charge is 0.326 e. The molecule has 0 heterocycles. The Labute approximate surface area is 124 Å². The Morgan fingerprint density at radius 1 is 1.10 bits per heavy atom. The van der Waals surface area contributed by atoms with Crippen molar-refractivity contribution in [3.8, 4) is 0 Å². The zero-order valence-electron chi connectivity index (χ0n) is 13.4. The van der Waals surface area contributed by atoms with Gasteiger partial charge in [0.25, 0.3) is 0 Å². The molecule has 2 nitrogen and oxygen atoms in total. The molecule has 2 rings (SSSR count). The average molecular weight is 274 g/mol. The second kappa shape index (κ2) is 6.73. The van der Waals surface area contributed by atoms with Gasteiger partial charge in [-0.25, -0.2) is 0 Å². The third kappa shape index (κ3) is 3.42. The van der Waals surface area contributed by atoms with Crippen molar-refractivity contribution in [2.45, 2.75) is 64.1 Å². The van der Waals surface area contributed by atoms with Crippen molar-refractivity contribution >= 4 is 0 Å². The number of hydrogen-bond acceptors (Lipinski definition) is 2. The first-order valence-electron chi connectivity index (χ1n) is 8.03. The fraction of sp³-hybridized carbons (Fsp3) is 0.667. The summed E-state index contributed by atoms with van der Waals surface area (Å²) in [4.78, 5) is 2.52. The zero-order chi connectivity index (χ0) is 14.7. The molecule has 2 heteroatoms. The van der Waals surface area contributed by atoms with Crippen molar-refractivity contribution in [3.05, 3.63) is 35.9 Å². The molecule has 0 bridgehead atoms. The molecule has 0 aliphatic heterocycles. The summed E-state index contributed by atoms with van der Waals surface area (Å²) in [6.45, 7) is 6.91. The molecule has 1 saturated carbocycles. The van der Waals surface area contributed by atoms with Gasteiger partial charge in [-0.3, -0.25) is 4.90 Å². The molecule has 0 aromatic heterocycles. The van der Waals surface area contributed by atoms with Crippen molar-refractivity contribution in [2.75, 3.05) is 7.05 Å². The minimum absolute atomic E-state index is 0.321. The van der Waals surface area contributed by atoms with Crippen LogP contribution in [0.2, 0.25) is 0 Å². The second-order valence-corrected chi connectivity index (χ2v) is 6.80. The third-order valence-electron chi connectivity index (χ3n) is 5.27. The summed E-state index contributed by atoms with van der Waals surface area (Å²) in [5.74, 6) is 1.34. The average Bonchev–Trinajstić information content (AvgIpc) is 2.47. The van der Waals surface area contributed by atoms with E-state index in [4.69, 9.17) is 5.73 Å². The highest BCUT2D eigenvalue weighted by atomic mass is 15.2. The lowest BCUT2D eigenvalue weighted by molar-refractivity contribution is 0.0969. The van der Waals surface area contributed by atoms with Gasteiger partial charge in [-0.15, -0.1) is 0 Å². The standard InChI is InChI=1S/C18H30N2/c1-13(2)14(3)20(4)18-12-16(10-11-17(18)19)15-8-6-5-7-9-15/h5-9,13-14,16-18H,10-12,19H2,1-4H3. The van der Waals surface area contributed by atoms with Gasteiger partial charge in [0.2, 0.25) is 0 Å². The van der Waals surface area contributed by atoms with Gasteiger partial charge in [-0.2, -0.15) is 0 Å². The molecule has 1 aromatic carbocycles. The van der Waals surface area contributed by atoms with Gasteiger partial charge in [-0.05, 0) is 50.6 Å². The predicted molar refractivity (Wildman–Crippen MR) is 86.9 cm³/mol. The number of likely N-dealkylation sites (N-methyl/N-ethyl adjacent to an activating group) is 1. The number of nitrogens with zero attached hydrogens (tertiary/aromatic N) is 1. The Bertz CT molecular complexity index is 401. The molecular formula is C18H30N2. The van der Waals surface area contributed by atoms with E-state index in [1.54, 1.807) is 0 Å². The monoisotopic (exact) mass is 274 g/mol. The topological polar surface area (TPSA) is 29.3 Å². The van der Waals surface area contributed by atoms with Crippen LogP contribution < -0.4 is 5.73 Å². The highest BCUT2D eigenvalue weighted by Crippen LogP contribution is 2.35. The molecular weight excluding hydrogens is 244 g/mol. The SMILES string of the molecule is CC(C)C(C)N(C)C1CC(c2ccccc2)CCC1N. The molecule has 1 aliphatic rings. The second-order valence-electron chi connectivity index (χ2n) is 6.80. The van der Waals surface area contributed by atoms with E-state index in [1.165, 1.54) is 18.4 Å². The van der Waals surface area contributed by atoms with Crippen molar-refractivity contribution in [1.82, 2.24) is 4.90 Å². The van der Waals surface area contributed by atoms with Gasteiger partial charge >= 0.3 is 0 Å². The lowest BCUT2D eigenvalue weighted by Crippen LogP contribution is -2.53. The van der Waals surface area contributed by atoms with Gasteiger partial charge in [0.15, 0.2) is 0 Å². The summed E-state index contributed by atoms with van der Waals surface area (Å²) in [5, 5.41) is 0. The van der Waals surface area contributed by atoms with E-state index in [0.717, 1.165) is 6.42 Å². The lowest BCUT2D eigenvalue weighted by Gasteiger charge is -2.43. The van der Waals surface area contributed by atoms with Crippen LogP contribution in [0.3, 0.4) is 0 Å². The smallest absolute Gasteiger partial charge is 0.0252 e. The quantitative estimate of drug-likeness (QED) is 0.908. The van der Waals surface area contributed by atoms with Crippen molar-refractivity contribution < 1.29 is 0 Å². The minimum atomic E-state index is 0.321. The maximum Gasteiger partial charge on any atom is 0.0252 e. The third-order valence-corrected chi connectivity index (χ3v) is 5.27. The number of nitrogens with two attached hydrogens (primary N) is 1. The van der Waals surface area contributed by atoms with Crippen LogP contribution in [0.5, 0.6) is 0 Å². The Kier molecular flexibility index (Phi) is 5.22. The van der Waals surface area contributed by atoms with E-state index in [2.05, 4.69) is 63.1 Å². The van der Waals surface area contributed by atoms with Gasteiger partial charge in [0, 0.05) is 18.1 Å². The molecule has 20 heavy (non-hydrogen) atoms. The van der Waals surface area contributed by atoms with Crippen molar-refractivity contribution in [2.24, 2.45) is 11.7 Å². The van der Waals surface area contributed by atoms with Gasteiger partial charge < -0.3 is 5.73 Å². The van der Waals surface area contributed by atoms with Crippen LogP contribution in [0.25, 0.3) is 0 Å². The fourth-order valence-electron chi connectivity index (χ4n) is 3.44. The maximum absolute atomic E-state index is 6.42. The molecule has 0 radical (unpaired) electrons. The van der Waals surface area contributed by atoms with E-state index in [-0.39, 0.29) is 0 Å². The summed E-state index contributed by atoms with van der Waals surface area (Å²) in [5.41, 5.74) is 7.90. The Morgan fingerprint density at radius 2 is 1.75 bits per heavy atom. The normalized spacial score (nSPS) is 28.9. The molecule has 1 fully saturated rings. The summed E-state index contributed by atoms with van der Waals surface area (Å²) in [6.07, 6.45) is 3.56. The van der Waals surface area contributed by atoms with Crippen LogP contribution >= 0.6 is 0 Å². The molecule has 1 aliphatic carbocycles. The van der Waals surface area contributed by atoms with E-state index in [9.17, 15) is 0 Å². The van der Waals surface area contributed by atoms with Gasteiger partial charge in [0.1, 0.15) is 0 Å². The molecule has 0 amide bonds. The molecule has 4 unspecified atom stereocenters. The Morgan fingerprint density at radius 3 is 2.35 bits per heavy atom. The first-order valence-corrected chi connectivity index (χ1v) is 8.03. The van der Waals surface area contributed by atoms with Crippen LogP contribution in [0.4, 0.5) is 0 Å². The van der Waals surface area contributed by atoms with Crippen LogP contribution in [0.15, 0.2) is 30.3 Å². The van der Waals surface area contributed by atoms with Crippen LogP contribution in [0, 0.1) is 5.92 Å². The molecule has 0 spiro atoms. The minimum Gasteiger partial charge on any atom is -0.326 e. The van der Waals surface area contributed by atoms with Crippen LogP contribution in [-0.4, -0.2) is 30.1 Å². The van der Waals surface area contributed by atoms with Crippen molar-refractivity contribution in [1.29, 1.82) is 0 Å². The van der Waals surface area contributed by atoms with E-state index >= 15 is 0 Å². The van der Waals surface area contributed by atoms with Gasteiger partial charge in [0.05, 0.1) is 0 Å². The Hall–Kier alpha value is -0.860.